The van der Waals surface area contributed by atoms with Gasteiger partial charge in [0.1, 0.15) is 0 Å². The van der Waals surface area contributed by atoms with Crippen molar-refractivity contribution >= 4 is 23.2 Å². The summed E-state index contributed by atoms with van der Waals surface area (Å²) in [7, 11) is 0. The molecule has 2 aromatic carbocycles. The first-order valence-corrected chi connectivity index (χ1v) is 6.85. The zero-order chi connectivity index (χ0) is 15.7. The van der Waals surface area contributed by atoms with Crippen molar-refractivity contribution in [1.29, 1.82) is 0 Å². The number of hydrogen-bond donors (Lipinski definition) is 2. The first-order chi connectivity index (χ1) is 10.5. The van der Waals surface area contributed by atoms with Gasteiger partial charge in [-0.3, -0.25) is 14.4 Å². The summed E-state index contributed by atoms with van der Waals surface area (Å²) >= 11 is 0. The molecule has 1 aliphatic carbocycles. The first-order valence-electron chi connectivity index (χ1n) is 6.85. The molecule has 2 aromatic rings. The average Bonchev–Trinajstić information content (AvgIpc) is 2.71. The number of carbonyl (C=O) groups is 3. The molecule has 3 rings (SSSR count). The molecule has 110 valence electrons. The highest BCUT2D eigenvalue weighted by Gasteiger charge is 2.54. The Hall–Kier alpha value is -2.95. The standard InChI is InChI=1S/C17H14N2O3/c1-11(20)18-17(19-12-7-3-2-4-8-12)15(21)13-9-5-6-10-14(13)16(17)22/h2-10,19H,1H3,(H,18,20). The van der Waals surface area contributed by atoms with Crippen molar-refractivity contribution in [2.75, 3.05) is 5.32 Å². The zero-order valence-electron chi connectivity index (χ0n) is 11.9. The molecule has 5 heteroatoms. The number of carbonyl (C=O) groups excluding carboxylic acids is 3. The molecule has 0 saturated carbocycles. The minimum Gasteiger partial charge on any atom is -0.350 e. The lowest BCUT2D eigenvalue weighted by atomic mass is 10.0. The molecular weight excluding hydrogens is 280 g/mol. The number of nitrogens with one attached hydrogen (secondary N) is 2. The second-order valence-corrected chi connectivity index (χ2v) is 5.13. The summed E-state index contributed by atoms with van der Waals surface area (Å²) in [6.45, 7) is 1.28. The maximum absolute atomic E-state index is 12.8. The van der Waals surface area contributed by atoms with Crippen molar-refractivity contribution < 1.29 is 14.4 Å². The molecule has 0 atom stereocenters. The van der Waals surface area contributed by atoms with Gasteiger partial charge >= 0.3 is 0 Å². The Bertz CT molecular complexity index is 733. The molecular formula is C17H14N2O3. The van der Waals surface area contributed by atoms with Crippen LogP contribution in [0, 0.1) is 0 Å². The van der Waals surface area contributed by atoms with Crippen LogP contribution in [-0.2, 0) is 4.79 Å². The maximum atomic E-state index is 12.8. The predicted molar refractivity (Wildman–Crippen MR) is 81.7 cm³/mol. The number of benzene rings is 2. The molecule has 2 N–H and O–H groups in total. The van der Waals surface area contributed by atoms with Gasteiger partial charge in [0.05, 0.1) is 0 Å². The van der Waals surface area contributed by atoms with Crippen molar-refractivity contribution in [3.63, 3.8) is 0 Å². The largest absolute Gasteiger partial charge is 0.350 e. The third-order valence-electron chi connectivity index (χ3n) is 3.57. The van der Waals surface area contributed by atoms with E-state index in [1.807, 2.05) is 6.07 Å². The van der Waals surface area contributed by atoms with Gasteiger partial charge in [-0.2, -0.15) is 0 Å². The highest BCUT2D eigenvalue weighted by molar-refractivity contribution is 6.34. The number of anilines is 1. The minimum absolute atomic E-state index is 0.310. The Balaban J connectivity index is 2.10. The van der Waals surface area contributed by atoms with Crippen LogP contribution in [0.2, 0.25) is 0 Å². The second kappa shape index (κ2) is 5.11. The van der Waals surface area contributed by atoms with Crippen molar-refractivity contribution in [3.8, 4) is 0 Å². The zero-order valence-corrected chi connectivity index (χ0v) is 11.9. The number of fused-ring (bicyclic) bond motifs is 1. The highest BCUT2D eigenvalue weighted by Crippen LogP contribution is 2.31. The molecule has 0 fully saturated rings. The van der Waals surface area contributed by atoms with Crippen LogP contribution in [0.3, 0.4) is 0 Å². The molecule has 0 spiro atoms. The predicted octanol–water partition coefficient (Wildman–Crippen LogP) is 2.01. The number of amides is 1. The van der Waals surface area contributed by atoms with Crippen LogP contribution in [0.4, 0.5) is 5.69 Å². The van der Waals surface area contributed by atoms with E-state index >= 15 is 0 Å². The molecule has 1 aliphatic rings. The van der Waals surface area contributed by atoms with Crippen molar-refractivity contribution in [3.05, 3.63) is 65.7 Å². The van der Waals surface area contributed by atoms with E-state index in [2.05, 4.69) is 10.6 Å². The van der Waals surface area contributed by atoms with Gasteiger partial charge in [0.25, 0.3) is 0 Å². The van der Waals surface area contributed by atoms with Gasteiger partial charge in [0.15, 0.2) is 0 Å². The Labute approximate surface area is 127 Å². The Morgan fingerprint density at radius 2 is 1.36 bits per heavy atom. The summed E-state index contributed by atoms with van der Waals surface area (Å²) in [5.41, 5.74) is -0.586. The van der Waals surface area contributed by atoms with E-state index in [4.69, 9.17) is 0 Å². The average molecular weight is 294 g/mol. The third kappa shape index (κ3) is 2.07. The first kappa shape index (κ1) is 14.0. The fourth-order valence-electron chi connectivity index (χ4n) is 2.65. The quantitative estimate of drug-likeness (QED) is 0.671. The molecule has 0 saturated heterocycles. The SMILES string of the molecule is CC(=O)NC1(Nc2ccccc2)C(=O)c2ccccc2C1=O. The van der Waals surface area contributed by atoms with Gasteiger partial charge in [-0.05, 0) is 12.1 Å². The molecule has 0 aliphatic heterocycles. The van der Waals surface area contributed by atoms with Crippen LogP contribution in [0.15, 0.2) is 54.6 Å². The summed E-state index contributed by atoms with van der Waals surface area (Å²) in [5.74, 6) is -1.36. The van der Waals surface area contributed by atoms with Gasteiger partial charge in [0, 0.05) is 23.7 Å². The van der Waals surface area contributed by atoms with Crippen LogP contribution in [0.1, 0.15) is 27.6 Å². The van der Waals surface area contributed by atoms with Gasteiger partial charge < -0.3 is 10.6 Å². The smallest absolute Gasteiger partial charge is 0.240 e. The van der Waals surface area contributed by atoms with Gasteiger partial charge in [-0.15, -0.1) is 0 Å². The lowest BCUT2D eigenvalue weighted by Crippen LogP contribution is -2.61. The number of hydrogen-bond acceptors (Lipinski definition) is 4. The molecule has 22 heavy (non-hydrogen) atoms. The van der Waals surface area contributed by atoms with Gasteiger partial charge in [-0.1, -0.05) is 42.5 Å². The fourth-order valence-corrected chi connectivity index (χ4v) is 2.65. The third-order valence-corrected chi connectivity index (χ3v) is 3.57. The van der Waals surface area contributed by atoms with E-state index in [0.29, 0.717) is 16.8 Å². The normalized spacial score (nSPS) is 15.3. The molecule has 5 nitrogen and oxygen atoms in total. The van der Waals surface area contributed by atoms with E-state index in [0.717, 1.165) is 0 Å². The molecule has 0 bridgehead atoms. The van der Waals surface area contributed by atoms with Gasteiger partial charge in [-0.25, -0.2) is 0 Å². The Kier molecular flexibility index (Phi) is 3.25. The van der Waals surface area contributed by atoms with Crippen LogP contribution in [0.5, 0.6) is 0 Å². The maximum Gasteiger partial charge on any atom is 0.240 e. The van der Waals surface area contributed by atoms with Crippen LogP contribution >= 0.6 is 0 Å². The summed E-state index contributed by atoms with van der Waals surface area (Å²) in [6.07, 6.45) is 0. The van der Waals surface area contributed by atoms with Gasteiger partial charge in [0.2, 0.25) is 23.1 Å². The molecule has 0 radical (unpaired) electrons. The van der Waals surface area contributed by atoms with Crippen LogP contribution in [0.25, 0.3) is 0 Å². The summed E-state index contributed by atoms with van der Waals surface area (Å²) in [6, 6.07) is 15.4. The van der Waals surface area contributed by atoms with Crippen molar-refractivity contribution in [2.24, 2.45) is 0 Å². The van der Waals surface area contributed by atoms with E-state index < -0.39 is 23.1 Å². The van der Waals surface area contributed by atoms with E-state index in [1.54, 1.807) is 48.5 Å². The molecule has 0 unspecified atom stereocenters. The lowest BCUT2D eigenvalue weighted by molar-refractivity contribution is -0.119. The lowest BCUT2D eigenvalue weighted by Gasteiger charge is -2.28. The van der Waals surface area contributed by atoms with E-state index in [1.165, 1.54) is 6.92 Å². The van der Waals surface area contributed by atoms with Crippen molar-refractivity contribution in [1.82, 2.24) is 5.32 Å². The minimum atomic E-state index is -1.78. The number of rotatable bonds is 3. The van der Waals surface area contributed by atoms with Crippen LogP contribution in [-0.4, -0.2) is 23.1 Å². The number of para-hydroxylation sites is 1. The number of Topliss-reactive ketones (excluding diaryl/α,β-unsaturated/α-hetero) is 2. The number of ketones is 2. The van der Waals surface area contributed by atoms with E-state index in [-0.39, 0.29) is 0 Å². The van der Waals surface area contributed by atoms with E-state index in [9.17, 15) is 14.4 Å². The molecule has 0 heterocycles. The molecule has 0 aromatic heterocycles. The monoisotopic (exact) mass is 294 g/mol. The Morgan fingerprint density at radius 1 is 0.864 bits per heavy atom. The van der Waals surface area contributed by atoms with Crippen molar-refractivity contribution in [2.45, 2.75) is 12.6 Å². The topological polar surface area (TPSA) is 75.3 Å². The summed E-state index contributed by atoms with van der Waals surface area (Å²) in [5, 5.41) is 5.40. The second-order valence-electron chi connectivity index (χ2n) is 5.13. The fraction of sp³-hybridized carbons (Fsp3) is 0.118. The summed E-state index contributed by atoms with van der Waals surface area (Å²) in [4.78, 5) is 37.1. The molecule has 1 amide bonds. The summed E-state index contributed by atoms with van der Waals surface area (Å²) < 4.78 is 0. The highest BCUT2D eigenvalue weighted by atomic mass is 16.2. The Morgan fingerprint density at radius 3 is 1.86 bits per heavy atom. The van der Waals surface area contributed by atoms with Crippen LogP contribution < -0.4 is 10.6 Å².